The van der Waals surface area contributed by atoms with E-state index in [9.17, 15) is 9.90 Å². The Morgan fingerprint density at radius 2 is 1.73 bits per heavy atom. The highest BCUT2D eigenvalue weighted by atomic mass is 16.3. The number of nitrogens with one attached hydrogen (secondary N) is 1. The van der Waals surface area contributed by atoms with Gasteiger partial charge in [0.1, 0.15) is 0 Å². The SMILES string of the molecule is CC(C)N1CC2C(C1)C2NC(=O)C(O)(c1ccccc1)C1CCCCC1. The molecule has 1 heterocycles. The molecule has 1 aromatic rings. The number of fused-ring (bicyclic) bond motifs is 1. The quantitative estimate of drug-likeness (QED) is 0.853. The number of hydrogen-bond donors (Lipinski definition) is 2. The number of aliphatic hydroxyl groups is 1. The molecule has 2 saturated carbocycles. The van der Waals surface area contributed by atoms with Gasteiger partial charge in [-0.05, 0) is 44.1 Å². The standard InChI is InChI=1S/C22H32N2O2/c1-15(2)24-13-18-19(14-24)20(18)23-21(25)22(26,16-9-5-3-6-10-16)17-11-7-4-8-12-17/h3,5-6,9-10,15,17-20,26H,4,7-8,11-14H2,1-2H3,(H,23,25). The van der Waals surface area contributed by atoms with Gasteiger partial charge in [-0.3, -0.25) is 4.79 Å². The van der Waals surface area contributed by atoms with Gasteiger partial charge in [0.2, 0.25) is 0 Å². The van der Waals surface area contributed by atoms with Crippen LogP contribution in [0.5, 0.6) is 0 Å². The minimum atomic E-state index is -1.39. The van der Waals surface area contributed by atoms with Crippen LogP contribution in [-0.2, 0) is 10.4 Å². The maximum Gasteiger partial charge on any atom is 0.257 e. The van der Waals surface area contributed by atoms with E-state index in [1.54, 1.807) is 0 Å². The van der Waals surface area contributed by atoms with Crippen LogP contribution >= 0.6 is 0 Å². The number of amides is 1. The Morgan fingerprint density at radius 3 is 2.31 bits per heavy atom. The predicted octanol–water partition coefficient (Wildman–Crippen LogP) is 2.91. The van der Waals surface area contributed by atoms with Gasteiger partial charge in [-0.2, -0.15) is 0 Å². The van der Waals surface area contributed by atoms with Gasteiger partial charge in [-0.1, -0.05) is 49.6 Å². The first kappa shape index (κ1) is 18.0. The topological polar surface area (TPSA) is 52.6 Å². The third kappa shape index (κ3) is 3.07. The molecule has 2 aliphatic carbocycles. The van der Waals surface area contributed by atoms with Crippen LogP contribution in [-0.4, -0.2) is 41.1 Å². The Labute approximate surface area is 157 Å². The van der Waals surface area contributed by atoms with E-state index in [0.717, 1.165) is 44.3 Å². The number of benzene rings is 1. The van der Waals surface area contributed by atoms with Gasteiger partial charge in [0, 0.05) is 31.1 Å². The van der Waals surface area contributed by atoms with Crippen molar-refractivity contribution in [3.63, 3.8) is 0 Å². The molecule has 1 aromatic carbocycles. The monoisotopic (exact) mass is 356 g/mol. The van der Waals surface area contributed by atoms with Gasteiger partial charge < -0.3 is 15.3 Å². The Bertz CT molecular complexity index is 629. The summed E-state index contributed by atoms with van der Waals surface area (Å²) in [6.07, 6.45) is 5.27. The molecule has 0 radical (unpaired) electrons. The molecule has 3 unspecified atom stereocenters. The number of nitrogens with zero attached hydrogens (tertiary/aromatic N) is 1. The van der Waals surface area contributed by atoms with Crippen LogP contribution < -0.4 is 5.32 Å². The van der Waals surface area contributed by atoms with E-state index in [1.165, 1.54) is 6.42 Å². The van der Waals surface area contributed by atoms with Gasteiger partial charge >= 0.3 is 0 Å². The van der Waals surface area contributed by atoms with Crippen LogP contribution in [0.4, 0.5) is 0 Å². The first-order chi connectivity index (χ1) is 12.5. The normalized spacial score (nSPS) is 31.5. The zero-order valence-corrected chi connectivity index (χ0v) is 16.0. The summed E-state index contributed by atoms with van der Waals surface area (Å²) in [5.41, 5.74) is -0.643. The van der Waals surface area contributed by atoms with Gasteiger partial charge in [0.15, 0.2) is 5.60 Å². The van der Waals surface area contributed by atoms with Crippen LogP contribution in [0.1, 0.15) is 51.5 Å². The molecule has 4 heteroatoms. The highest BCUT2D eigenvalue weighted by Gasteiger charge is 2.58. The number of rotatable bonds is 5. The molecule has 26 heavy (non-hydrogen) atoms. The summed E-state index contributed by atoms with van der Waals surface area (Å²) in [5.74, 6) is 0.968. The van der Waals surface area contributed by atoms with Crippen LogP contribution in [0, 0.1) is 17.8 Å². The lowest BCUT2D eigenvalue weighted by molar-refractivity contribution is -0.149. The van der Waals surface area contributed by atoms with Gasteiger partial charge in [0.25, 0.3) is 5.91 Å². The van der Waals surface area contributed by atoms with E-state index in [1.807, 2.05) is 30.3 Å². The zero-order valence-electron chi connectivity index (χ0n) is 16.0. The highest BCUT2D eigenvalue weighted by Crippen LogP contribution is 2.47. The van der Waals surface area contributed by atoms with Crippen molar-refractivity contribution in [1.29, 1.82) is 0 Å². The zero-order chi connectivity index (χ0) is 18.3. The number of piperidine rings is 1. The molecular formula is C22H32N2O2. The first-order valence-corrected chi connectivity index (χ1v) is 10.3. The fourth-order valence-corrected chi connectivity index (χ4v) is 5.22. The number of carbonyl (C=O) groups is 1. The Hall–Kier alpha value is -1.39. The van der Waals surface area contributed by atoms with Gasteiger partial charge in [-0.25, -0.2) is 0 Å². The Kier molecular flexibility index (Phi) is 4.83. The summed E-state index contributed by atoms with van der Waals surface area (Å²) in [5, 5.41) is 14.9. The molecule has 4 nitrogen and oxygen atoms in total. The number of hydrogen-bond acceptors (Lipinski definition) is 3. The van der Waals surface area contributed by atoms with Crippen LogP contribution in [0.25, 0.3) is 0 Å². The van der Waals surface area contributed by atoms with E-state index in [-0.39, 0.29) is 17.9 Å². The van der Waals surface area contributed by atoms with Crippen molar-refractivity contribution in [2.75, 3.05) is 13.1 Å². The van der Waals surface area contributed by atoms with E-state index < -0.39 is 5.60 Å². The Balaban J connectivity index is 1.49. The fourth-order valence-electron chi connectivity index (χ4n) is 5.22. The number of likely N-dealkylation sites (tertiary alicyclic amines) is 1. The lowest BCUT2D eigenvalue weighted by Gasteiger charge is -2.38. The molecular weight excluding hydrogens is 324 g/mol. The van der Waals surface area contributed by atoms with Crippen LogP contribution in [0.2, 0.25) is 0 Å². The minimum Gasteiger partial charge on any atom is -0.375 e. The first-order valence-electron chi connectivity index (χ1n) is 10.3. The summed E-state index contributed by atoms with van der Waals surface area (Å²) >= 11 is 0. The van der Waals surface area contributed by atoms with Gasteiger partial charge in [-0.15, -0.1) is 0 Å². The third-order valence-electron chi connectivity index (χ3n) is 7.01. The molecule has 3 aliphatic rings. The molecule has 1 aliphatic heterocycles. The highest BCUT2D eigenvalue weighted by molar-refractivity contribution is 5.87. The Morgan fingerprint density at radius 1 is 1.12 bits per heavy atom. The molecule has 0 aromatic heterocycles. The van der Waals surface area contributed by atoms with Crippen molar-refractivity contribution in [3.05, 3.63) is 35.9 Å². The minimum absolute atomic E-state index is 0.0180. The van der Waals surface area contributed by atoms with Gasteiger partial charge in [0.05, 0.1) is 0 Å². The second-order valence-corrected chi connectivity index (χ2v) is 8.84. The second-order valence-electron chi connectivity index (χ2n) is 8.84. The van der Waals surface area contributed by atoms with Crippen LogP contribution in [0.3, 0.4) is 0 Å². The molecule has 1 amide bonds. The maximum atomic E-state index is 13.3. The van der Waals surface area contributed by atoms with Crippen molar-refractivity contribution in [2.45, 2.75) is 63.6 Å². The largest absolute Gasteiger partial charge is 0.375 e. The predicted molar refractivity (Wildman–Crippen MR) is 103 cm³/mol. The van der Waals surface area contributed by atoms with Crippen molar-refractivity contribution < 1.29 is 9.90 Å². The smallest absolute Gasteiger partial charge is 0.257 e. The average molecular weight is 357 g/mol. The molecule has 3 fully saturated rings. The van der Waals surface area contributed by atoms with Crippen molar-refractivity contribution in [3.8, 4) is 0 Å². The van der Waals surface area contributed by atoms with Crippen molar-refractivity contribution in [2.24, 2.45) is 17.8 Å². The molecule has 1 saturated heterocycles. The summed E-state index contributed by atoms with van der Waals surface area (Å²) in [7, 11) is 0. The lowest BCUT2D eigenvalue weighted by Crippen LogP contribution is -2.52. The van der Waals surface area contributed by atoms with Crippen LogP contribution in [0.15, 0.2) is 30.3 Å². The third-order valence-corrected chi connectivity index (χ3v) is 7.01. The lowest BCUT2D eigenvalue weighted by atomic mass is 9.73. The molecule has 0 spiro atoms. The fraction of sp³-hybridized carbons (Fsp3) is 0.682. The molecule has 2 N–H and O–H groups in total. The molecule has 142 valence electrons. The summed E-state index contributed by atoms with van der Waals surface area (Å²) < 4.78 is 0. The van der Waals surface area contributed by atoms with Crippen molar-refractivity contribution >= 4 is 5.91 Å². The summed E-state index contributed by atoms with van der Waals surface area (Å²) in [4.78, 5) is 15.8. The summed E-state index contributed by atoms with van der Waals surface area (Å²) in [6.45, 7) is 6.60. The van der Waals surface area contributed by atoms with E-state index in [2.05, 4.69) is 24.1 Å². The van der Waals surface area contributed by atoms with E-state index in [0.29, 0.717) is 17.9 Å². The van der Waals surface area contributed by atoms with E-state index in [4.69, 9.17) is 0 Å². The van der Waals surface area contributed by atoms with E-state index >= 15 is 0 Å². The second kappa shape index (κ2) is 6.97. The van der Waals surface area contributed by atoms with Crippen molar-refractivity contribution in [1.82, 2.24) is 10.2 Å². The maximum absolute atomic E-state index is 13.3. The average Bonchev–Trinajstić information content (AvgIpc) is 3.10. The molecule has 4 rings (SSSR count). The number of carbonyl (C=O) groups excluding carboxylic acids is 1. The summed E-state index contributed by atoms with van der Waals surface area (Å²) in [6, 6.07) is 10.4. The molecule has 0 bridgehead atoms. The molecule has 3 atom stereocenters.